The number of carbonyl (C=O) groups is 1. The first kappa shape index (κ1) is 17.1. The molecule has 0 aromatic carbocycles. The molecule has 2 aromatic heterocycles. The van der Waals surface area contributed by atoms with E-state index in [1.807, 2.05) is 37.7 Å². The van der Waals surface area contributed by atoms with E-state index in [-0.39, 0.29) is 12.1 Å². The molecule has 0 spiro atoms. The summed E-state index contributed by atoms with van der Waals surface area (Å²) >= 11 is 0. The number of amides is 2. The van der Waals surface area contributed by atoms with Crippen molar-refractivity contribution in [3.8, 4) is 0 Å². The topological polar surface area (TPSA) is 76.8 Å². The van der Waals surface area contributed by atoms with Crippen LogP contribution < -0.4 is 10.6 Å². The molecule has 2 N–H and O–H groups in total. The zero-order valence-corrected chi connectivity index (χ0v) is 14.3. The Hall–Kier alpha value is -2.31. The van der Waals surface area contributed by atoms with Gasteiger partial charge in [0.1, 0.15) is 0 Å². The molecular weight excluding hydrogens is 292 g/mol. The minimum atomic E-state index is -0.148. The van der Waals surface area contributed by atoms with Crippen molar-refractivity contribution in [1.29, 1.82) is 0 Å². The third kappa shape index (κ3) is 5.43. The van der Waals surface area contributed by atoms with E-state index in [0.29, 0.717) is 19.0 Å². The Morgan fingerprint density at radius 3 is 2.70 bits per heavy atom. The van der Waals surface area contributed by atoms with Crippen molar-refractivity contribution in [3.05, 3.63) is 35.9 Å². The molecule has 0 fully saturated rings. The molecule has 0 aliphatic heterocycles. The van der Waals surface area contributed by atoms with Crippen LogP contribution in [0.2, 0.25) is 0 Å². The van der Waals surface area contributed by atoms with Crippen LogP contribution in [0.4, 0.5) is 4.79 Å². The van der Waals surface area contributed by atoms with E-state index in [4.69, 9.17) is 0 Å². The number of rotatable bonds is 7. The Bertz CT molecular complexity index is 619. The van der Waals surface area contributed by atoms with Gasteiger partial charge in [0.25, 0.3) is 0 Å². The highest BCUT2D eigenvalue weighted by Gasteiger charge is 2.11. The van der Waals surface area contributed by atoms with Gasteiger partial charge in [0.2, 0.25) is 0 Å². The minimum Gasteiger partial charge on any atom is -0.338 e. The second kappa shape index (κ2) is 7.80. The second-order valence-corrected chi connectivity index (χ2v) is 6.20. The van der Waals surface area contributed by atoms with Crippen molar-refractivity contribution < 1.29 is 4.79 Å². The minimum absolute atomic E-state index is 0.0150. The van der Waals surface area contributed by atoms with Crippen LogP contribution in [0.5, 0.6) is 0 Å². The van der Waals surface area contributed by atoms with Crippen LogP contribution in [0.1, 0.15) is 25.2 Å². The van der Waals surface area contributed by atoms with Gasteiger partial charge in [0, 0.05) is 37.2 Å². The summed E-state index contributed by atoms with van der Waals surface area (Å²) in [5, 5.41) is 14.4. The fourth-order valence-corrected chi connectivity index (χ4v) is 2.50. The predicted molar refractivity (Wildman–Crippen MR) is 89.1 cm³/mol. The molecule has 2 amide bonds. The van der Waals surface area contributed by atoms with Crippen molar-refractivity contribution in [2.24, 2.45) is 5.92 Å². The van der Waals surface area contributed by atoms with Crippen LogP contribution in [-0.4, -0.2) is 38.2 Å². The van der Waals surface area contributed by atoms with E-state index in [0.717, 1.165) is 17.9 Å². The monoisotopic (exact) mass is 318 g/mol. The number of nitrogens with one attached hydrogen (secondary N) is 2. The Balaban J connectivity index is 1.70. The van der Waals surface area contributed by atoms with Crippen LogP contribution in [0, 0.1) is 19.8 Å². The van der Waals surface area contributed by atoms with E-state index in [1.54, 1.807) is 10.9 Å². The Kier molecular flexibility index (Phi) is 5.78. The van der Waals surface area contributed by atoms with Gasteiger partial charge in [-0.05, 0) is 38.8 Å². The van der Waals surface area contributed by atoms with Gasteiger partial charge in [0.05, 0.1) is 12.2 Å². The number of hydrogen-bond acceptors (Lipinski definition) is 3. The van der Waals surface area contributed by atoms with Crippen molar-refractivity contribution in [2.75, 3.05) is 6.54 Å². The van der Waals surface area contributed by atoms with Gasteiger partial charge >= 0.3 is 6.03 Å². The summed E-state index contributed by atoms with van der Waals surface area (Å²) in [6.45, 7) is 10.2. The van der Waals surface area contributed by atoms with Crippen LogP contribution in [0.15, 0.2) is 24.5 Å². The standard InChI is InChI=1S/C16H26N6O/c1-12(10-22-15(4)8-13(2)20-22)9-17-16(23)19-14(3)11-21-7-5-6-18-21/h5-8,12,14H,9-11H2,1-4H3,(H2,17,19,23)/t12-,14+/m1/s1. The lowest BCUT2D eigenvalue weighted by Crippen LogP contribution is -2.44. The van der Waals surface area contributed by atoms with Crippen molar-refractivity contribution in [3.63, 3.8) is 0 Å². The number of urea groups is 1. The van der Waals surface area contributed by atoms with Gasteiger partial charge in [-0.3, -0.25) is 9.36 Å². The molecule has 2 rings (SSSR count). The van der Waals surface area contributed by atoms with Gasteiger partial charge in [-0.25, -0.2) is 4.79 Å². The average molecular weight is 318 g/mol. The maximum absolute atomic E-state index is 11.9. The van der Waals surface area contributed by atoms with Gasteiger partial charge < -0.3 is 10.6 Å². The maximum atomic E-state index is 11.9. The molecule has 0 saturated carbocycles. The molecule has 2 atom stereocenters. The van der Waals surface area contributed by atoms with Crippen LogP contribution in [0.25, 0.3) is 0 Å². The maximum Gasteiger partial charge on any atom is 0.315 e. The Labute approximate surface area is 137 Å². The van der Waals surface area contributed by atoms with E-state index < -0.39 is 0 Å². The first-order chi connectivity index (χ1) is 10.9. The highest BCUT2D eigenvalue weighted by molar-refractivity contribution is 5.74. The van der Waals surface area contributed by atoms with Crippen LogP contribution in [0.3, 0.4) is 0 Å². The van der Waals surface area contributed by atoms with Crippen molar-refractivity contribution in [2.45, 2.75) is 46.8 Å². The zero-order valence-electron chi connectivity index (χ0n) is 14.3. The second-order valence-electron chi connectivity index (χ2n) is 6.20. The summed E-state index contributed by atoms with van der Waals surface area (Å²) in [7, 11) is 0. The van der Waals surface area contributed by atoms with Gasteiger partial charge in [-0.15, -0.1) is 0 Å². The SMILES string of the molecule is Cc1cc(C)n(C[C@H](C)CNC(=O)N[C@@H](C)Cn2cccn2)n1. The fraction of sp³-hybridized carbons (Fsp3) is 0.562. The molecule has 0 unspecified atom stereocenters. The molecule has 7 heteroatoms. The third-order valence-electron chi connectivity index (χ3n) is 3.60. The van der Waals surface area contributed by atoms with Gasteiger partial charge in [-0.2, -0.15) is 10.2 Å². The van der Waals surface area contributed by atoms with Crippen molar-refractivity contribution in [1.82, 2.24) is 30.2 Å². The zero-order chi connectivity index (χ0) is 16.8. The number of hydrogen-bond donors (Lipinski definition) is 2. The highest BCUT2D eigenvalue weighted by Crippen LogP contribution is 2.05. The smallest absolute Gasteiger partial charge is 0.315 e. The molecule has 0 radical (unpaired) electrons. The quantitative estimate of drug-likeness (QED) is 0.816. The molecule has 23 heavy (non-hydrogen) atoms. The summed E-state index contributed by atoms with van der Waals surface area (Å²) in [5.41, 5.74) is 2.17. The van der Waals surface area contributed by atoms with Crippen LogP contribution in [-0.2, 0) is 13.1 Å². The van der Waals surface area contributed by atoms with E-state index >= 15 is 0 Å². The third-order valence-corrected chi connectivity index (χ3v) is 3.60. The summed E-state index contributed by atoms with van der Waals surface area (Å²) < 4.78 is 3.79. The molecule has 0 aliphatic rings. The summed E-state index contributed by atoms with van der Waals surface area (Å²) in [6.07, 6.45) is 3.61. The van der Waals surface area contributed by atoms with Gasteiger partial charge in [0.15, 0.2) is 0 Å². The normalized spacial score (nSPS) is 13.6. The van der Waals surface area contributed by atoms with Crippen LogP contribution >= 0.6 is 0 Å². The van der Waals surface area contributed by atoms with Gasteiger partial charge in [-0.1, -0.05) is 6.92 Å². The number of nitrogens with zero attached hydrogens (tertiary/aromatic N) is 4. The molecule has 126 valence electrons. The summed E-state index contributed by atoms with van der Waals surface area (Å²) in [5.74, 6) is 0.306. The largest absolute Gasteiger partial charge is 0.338 e. The molecular formula is C16H26N6O. The number of aromatic nitrogens is 4. The lowest BCUT2D eigenvalue weighted by molar-refractivity contribution is 0.233. The van der Waals surface area contributed by atoms with E-state index in [2.05, 4.69) is 33.8 Å². The Morgan fingerprint density at radius 2 is 2.09 bits per heavy atom. The van der Waals surface area contributed by atoms with Crippen molar-refractivity contribution >= 4 is 6.03 Å². The van der Waals surface area contributed by atoms with E-state index in [9.17, 15) is 4.79 Å². The molecule has 0 aliphatic carbocycles. The lowest BCUT2D eigenvalue weighted by Gasteiger charge is -2.17. The predicted octanol–water partition coefficient (Wildman–Crippen LogP) is 1.72. The lowest BCUT2D eigenvalue weighted by atomic mass is 10.2. The van der Waals surface area contributed by atoms with E-state index in [1.165, 1.54) is 0 Å². The number of aryl methyl sites for hydroxylation is 2. The summed E-state index contributed by atoms with van der Waals surface area (Å²) in [4.78, 5) is 11.9. The molecule has 0 saturated heterocycles. The molecule has 2 aromatic rings. The molecule has 0 bridgehead atoms. The highest BCUT2D eigenvalue weighted by atomic mass is 16.2. The Morgan fingerprint density at radius 1 is 1.30 bits per heavy atom. The average Bonchev–Trinajstić information content (AvgIpc) is 3.07. The first-order valence-electron chi connectivity index (χ1n) is 7.97. The molecule has 7 nitrogen and oxygen atoms in total. The number of carbonyl (C=O) groups excluding carboxylic acids is 1. The fourth-order valence-electron chi connectivity index (χ4n) is 2.50. The molecule has 2 heterocycles. The summed E-state index contributed by atoms with van der Waals surface area (Å²) in [6, 6.07) is 3.79. The first-order valence-corrected chi connectivity index (χ1v) is 7.97.